The number of hydrogen-bond acceptors (Lipinski definition) is 2. The molecule has 0 aromatic carbocycles. The molecular formula is C8H16N2O2S. The zero-order valence-corrected chi connectivity index (χ0v) is 8.68. The molecule has 76 valence electrons. The Hall–Kier alpha value is -0.130. The predicted molar refractivity (Wildman–Crippen MR) is 50.4 cm³/mol. The fourth-order valence-electron chi connectivity index (χ4n) is 2.40. The summed E-state index contributed by atoms with van der Waals surface area (Å²) in [5, 5.41) is 0. The standard InChI is InChI=1S/C8H16N2O2S/c1-9-13(11,12)10-6-7-4-2-3-5-8(7)10/h7-9H,2-6H2,1H3/t7-,8-/m1/s1. The minimum Gasteiger partial charge on any atom is -0.205 e. The van der Waals surface area contributed by atoms with Crippen LogP contribution in [0, 0.1) is 5.92 Å². The molecule has 0 aromatic heterocycles. The van der Waals surface area contributed by atoms with Gasteiger partial charge in [0.05, 0.1) is 0 Å². The van der Waals surface area contributed by atoms with Crippen LogP contribution in [0.25, 0.3) is 0 Å². The van der Waals surface area contributed by atoms with Gasteiger partial charge in [0, 0.05) is 19.6 Å². The second-order valence-electron chi connectivity index (χ2n) is 3.89. The van der Waals surface area contributed by atoms with Crippen molar-refractivity contribution in [2.24, 2.45) is 5.92 Å². The zero-order valence-electron chi connectivity index (χ0n) is 7.86. The Labute approximate surface area is 79.5 Å². The van der Waals surface area contributed by atoms with Gasteiger partial charge in [0.2, 0.25) is 0 Å². The van der Waals surface area contributed by atoms with Crippen molar-refractivity contribution in [3.8, 4) is 0 Å². The van der Waals surface area contributed by atoms with E-state index in [0.29, 0.717) is 12.0 Å². The molecule has 1 aliphatic heterocycles. The molecule has 13 heavy (non-hydrogen) atoms. The topological polar surface area (TPSA) is 49.4 Å². The van der Waals surface area contributed by atoms with Gasteiger partial charge in [-0.1, -0.05) is 12.8 Å². The van der Waals surface area contributed by atoms with Crippen molar-refractivity contribution in [2.75, 3.05) is 13.6 Å². The highest BCUT2D eigenvalue weighted by Gasteiger charge is 2.45. The Bertz CT molecular complexity index is 289. The van der Waals surface area contributed by atoms with Crippen molar-refractivity contribution in [1.29, 1.82) is 0 Å². The fraction of sp³-hybridized carbons (Fsp3) is 1.00. The number of rotatable bonds is 2. The van der Waals surface area contributed by atoms with Crippen LogP contribution in [0.2, 0.25) is 0 Å². The van der Waals surface area contributed by atoms with Crippen LogP contribution in [0.5, 0.6) is 0 Å². The molecule has 5 heteroatoms. The third-order valence-electron chi connectivity index (χ3n) is 3.22. The normalized spacial score (nSPS) is 35.2. The summed E-state index contributed by atoms with van der Waals surface area (Å²) < 4.78 is 26.9. The molecule has 4 nitrogen and oxygen atoms in total. The number of nitrogens with one attached hydrogen (secondary N) is 1. The third-order valence-corrected chi connectivity index (χ3v) is 4.77. The first kappa shape index (κ1) is 9.43. The SMILES string of the molecule is CNS(=O)(=O)N1C[C@H]2CCCC[C@H]21. The maximum Gasteiger partial charge on any atom is 0.279 e. The molecule has 0 radical (unpaired) electrons. The molecule has 0 bridgehead atoms. The first-order valence-corrected chi connectivity index (χ1v) is 6.29. The summed E-state index contributed by atoms with van der Waals surface area (Å²) >= 11 is 0. The summed E-state index contributed by atoms with van der Waals surface area (Å²) in [6.45, 7) is 0.730. The van der Waals surface area contributed by atoms with Crippen molar-refractivity contribution in [3.05, 3.63) is 0 Å². The molecule has 2 atom stereocenters. The van der Waals surface area contributed by atoms with E-state index in [-0.39, 0.29) is 0 Å². The van der Waals surface area contributed by atoms with Crippen LogP contribution >= 0.6 is 0 Å². The van der Waals surface area contributed by atoms with Crippen LogP contribution in [0.3, 0.4) is 0 Å². The second-order valence-corrected chi connectivity index (χ2v) is 5.72. The molecule has 2 fully saturated rings. The van der Waals surface area contributed by atoms with Crippen molar-refractivity contribution in [1.82, 2.24) is 9.03 Å². The van der Waals surface area contributed by atoms with Gasteiger partial charge in [0.25, 0.3) is 10.2 Å². The molecular weight excluding hydrogens is 188 g/mol. The Morgan fingerprint density at radius 1 is 1.31 bits per heavy atom. The minimum atomic E-state index is -3.15. The van der Waals surface area contributed by atoms with E-state index in [4.69, 9.17) is 0 Å². The fourth-order valence-corrected chi connectivity index (χ4v) is 3.66. The molecule has 0 spiro atoms. The van der Waals surface area contributed by atoms with E-state index in [9.17, 15) is 8.42 Å². The van der Waals surface area contributed by atoms with Crippen LogP contribution in [0.15, 0.2) is 0 Å². The van der Waals surface area contributed by atoms with E-state index in [0.717, 1.165) is 13.0 Å². The van der Waals surface area contributed by atoms with Gasteiger partial charge in [-0.2, -0.15) is 12.7 Å². The van der Waals surface area contributed by atoms with Crippen LogP contribution < -0.4 is 4.72 Å². The van der Waals surface area contributed by atoms with E-state index >= 15 is 0 Å². The van der Waals surface area contributed by atoms with Crippen molar-refractivity contribution < 1.29 is 8.42 Å². The molecule has 1 aliphatic carbocycles. The highest BCUT2D eigenvalue weighted by atomic mass is 32.2. The summed E-state index contributed by atoms with van der Waals surface area (Å²) in [5.41, 5.74) is 0. The molecule has 2 rings (SSSR count). The summed E-state index contributed by atoms with van der Waals surface area (Å²) in [4.78, 5) is 0. The van der Waals surface area contributed by atoms with Gasteiger partial charge in [0.1, 0.15) is 0 Å². The maximum absolute atomic E-state index is 11.5. The summed E-state index contributed by atoms with van der Waals surface area (Å²) in [6.07, 6.45) is 4.71. The first-order chi connectivity index (χ1) is 6.15. The van der Waals surface area contributed by atoms with Gasteiger partial charge in [-0.05, 0) is 18.8 Å². The number of hydrogen-bond donors (Lipinski definition) is 1. The third kappa shape index (κ3) is 1.49. The predicted octanol–water partition coefficient (Wildman–Crippen LogP) is 0.325. The Morgan fingerprint density at radius 2 is 2.00 bits per heavy atom. The Morgan fingerprint density at radius 3 is 2.62 bits per heavy atom. The second kappa shape index (κ2) is 3.22. The first-order valence-electron chi connectivity index (χ1n) is 4.85. The van der Waals surface area contributed by atoms with Gasteiger partial charge in [0.15, 0.2) is 0 Å². The van der Waals surface area contributed by atoms with Crippen LogP contribution in [-0.2, 0) is 10.2 Å². The highest BCUT2D eigenvalue weighted by molar-refractivity contribution is 7.87. The van der Waals surface area contributed by atoms with Gasteiger partial charge < -0.3 is 0 Å². The molecule has 1 heterocycles. The van der Waals surface area contributed by atoms with Crippen LogP contribution in [-0.4, -0.2) is 32.4 Å². The maximum atomic E-state index is 11.5. The van der Waals surface area contributed by atoms with E-state index in [1.807, 2.05) is 0 Å². The zero-order chi connectivity index (χ0) is 9.47. The van der Waals surface area contributed by atoms with Gasteiger partial charge >= 0.3 is 0 Å². The molecule has 0 aromatic rings. The lowest BCUT2D eigenvalue weighted by molar-refractivity contribution is 0.0591. The highest BCUT2D eigenvalue weighted by Crippen LogP contribution is 2.38. The van der Waals surface area contributed by atoms with E-state index in [2.05, 4.69) is 4.72 Å². The smallest absolute Gasteiger partial charge is 0.205 e. The largest absolute Gasteiger partial charge is 0.279 e. The lowest BCUT2D eigenvalue weighted by Crippen LogP contribution is -2.61. The van der Waals surface area contributed by atoms with E-state index in [1.165, 1.54) is 26.3 Å². The lowest BCUT2D eigenvalue weighted by atomic mass is 9.79. The average molecular weight is 204 g/mol. The van der Waals surface area contributed by atoms with Crippen molar-refractivity contribution in [2.45, 2.75) is 31.7 Å². The Balaban J connectivity index is 2.05. The summed E-state index contributed by atoms with van der Waals surface area (Å²) in [6, 6.07) is 0.297. The monoisotopic (exact) mass is 204 g/mol. The van der Waals surface area contributed by atoms with Crippen LogP contribution in [0.4, 0.5) is 0 Å². The molecule has 0 amide bonds. The van der Waals surface area contributed by atoms with Crippen molar-refractivity contribution >= 4 is 10.2 Å². The quantitative estimate of drug-likeness (QED) is 0.704. The number of fused-ring (bicyclic) bond motifs is 1. The molecule has 2 aliphatic rings. The molecule has 1 saturated carbocycles. The van der Waals surface area contributed by atoms with Crippen molar-refractivity contribution in [3.63, 3.8) is 0 Å². The van der Waals surface area contributed by atoms with Gasteiger partial charge in [-0.15, -0.1) is 0 Å². The Kier molecular flexibility index (Phi) is 2.33. The molecule has 1 saturated heterocycles. The number of nitrogens with zero attached hydrogens (tertiary/aromatic N) is 1. The summed E-state index contributed by atoms with van der Waals surface area (Å²) in [7, 11) is -1.67. The van der Waals surface area contributed by atoms with Gasteiger partial charge in [-0.25, -0.2) is 4.72 Å². The minimum absolute atomic E-state index is 0.297. The lowest BCUT2D eigenvalue weighted by Gasteiger charge is -2.49. The van der Waals surface area contributed by atoms with E-state index in [1.54, 1.807) is 4.31 Å². The molecule has 0 unspecified atom stereocenters. The average Bonchev–Trinajstić information content (AvgIpc) is 2.07. The van der Waals surface area contributed by atoms with Crippen LogP contribution in [0.1, 0.15) is 25.7 Å². The van der Waals surface area contributed by atoms with Gasteiger partial charge in [-0.3, -0.25) is 0 Å². The summed E-state index contributed by atoms with van der Waals surface area (Å²) in [5.74, 6) is 0.636. The van der Waals surface area contributed by atoms with E-state index < -0.39 is 10.2 Å². The molecule has 1 N–H and O–H groups in total.